The predicted molar refractivity (Wildman–Crippen MR) is 222 cm³/mol. The third-order valence-corrected chi connectivity index (χ3v) is 7.74. The highest BCUT2D eigenvalue weighted by Gasteiger charge is 2.10. The number of carbonyl (C=O) groups is 2. The molecule has 1 aliphatic rings. The van der Waals surface area contributed by atoms with E-state index in [1.54, 1.807) is 0 Å². The summed E-state index contributed by atoms with van der Waals surface area (Å²) in [4.78, 5) is 26.2. The first-order valence-electron chi connectivity index (χ1n) is 19.6. The Labute approximate surface area is 331 Å². The van der Waals surface area contributed by atoms with E-state index in [1.807, 2.05) is 111 Å². The minimum absolute atomic E-state index is 0.00692. The summed E-state index contributed by atoms with van der Waals surface area (Å²) >= 11 is 0. The number of esters is 2. The maximum Gasteiger partial charge on any atom is 0.306 e. The van der Waals surface area contributed by atoms with Crippen molar-refractivity contribution in [2.75, 3.05) is 80.0 Å². The van der Waals surface area contributed by atoms with Crippen LogP contribution in [0.2, 0.25) is 0 Å². The second-order valence-electron chi connectivity index (χ2n) is 13.0. The van der Waals surface area contributed by atoms with Gasteiger partial charge in [0.05, 0.1) is 57.7 Å². The van der Waals surface area contributed by atoms with Crippen molar-refractivity contribution in [3.8, 4) is 0 Å². The number of hydrogen-bond acceptors (Lipinski definition) is 11. The summed E-state index contributed by atoms with van der Waals surface area (Å²) in [6, 6.07) is 0. The van der Waals surface area contributed by atoms with Gasteiger partial charge in [-0.2, -0.15) is 0 Å². The second kappa shape index (κ2) is 36.9. The van der Waals surface area contributed by atoms with Gasteiger partial charge in [0.1, 0.15) is 13.2 Å². The average molecular weight is 768 g/mol. The lowest BCUT2D eigenvalue weighted by atomic mass is 10.2. The van der Waals surface area contributed by atoms with Crippen molar-refractivity contribution < 1.29 is 38.0 Å². The lowest BCUT2D eigenvalue weighted by Gasteiger charge is -2.19. The van der Waals surface area contributed by atoms with Crippen molar-refractivity contribution in [3.05, 3.63) is 110 Å². The average Bonchev–Trinajstić information content (AvgIpc) is 3.15. The van der Waals surface area contributed by atoms with E-state index in [0.29, 0.717) is 77.7 Å². The summed E-state index contributed by atoms with van der Waals surface area (Å²) in [5.41, 5.74) is 5.63. The highest BCUT2D eigenvalue weighted by Crippen LogP contribution is 2.04. The lowest BCUT2D eigenvalue weighted by Crippen LogP contribution is -2.28. The Bertz CT molecular complexity index is 1240. The Morgan fingerprint density at radius 1 is 0.618 bits per heavy atom. The summed E-state index contributed by atoms with van der Waals surface area (Å²) in [6.45, 7) is 8.65. The zero-order valence-corrected chi connectivity index (χ0v) is 33.5. The number of cyclic esters (lactones) is 2. The van der Waals surface area contributed by atoms with Gasteiger partial charge in [0.15, 0.2) is 0 Å². The molecule has 2 unspecified atom stereocenters. The zero-order valence-electron chi connectivity index (χ0n) is 33.5. The van der Waals surface area contributed by atoms with E-state index in [0.717, 1.165) is 45.1 Å². The van der Waals surface area contributed by atoms with Crippen LogP contribution in [-0.2, 0) is 38.0 Å². The van der Waals surface area contributed by atoms with Crippen LogP contribution in [0.15, 0.2) is 110 Å². The van der Waals surface area contributed by atoms with Crippen molar-refractivity contribution in [2.24, 2.45) is 5.73 Å². The van der Waals surface area contributed by atoms with Crippen LogP contribution in [0.5, 0.6) is 0 Å². The van der Waals surface area contributed by atoms with Crippen LogP contribution in [0.1, 0.15) is 64.2 Å². The molecule has 308 valence electrons. The van der Waals surface area contributed by atoms with Gasteiger partial charge in [0.25, 0.3) is 0 Å². The third-order valence-electron chi connectivity index (χ3n) is 7.74. The SMILES string of the molecule is C=C(N)NCCC1COCC=CCC=CCCC(=O)OCC=CCC=CCOCC(CCN(C)C)OCC=CCC=CCOC(=O)CCC=CCC=CCO1. The number of nitrogens with zero attached hydrogens (tertiary/aromatic N) is 1. The van der Waals surface area contributed by atoms with Crippen LogP contribution >= 0.6 is 0 Å². The number of rotatable bonds is 7. The van der Waals surface area contributed by atoms with Crippen molar-refractivity contribution in [2.45, 2.75) is 76.4 Å². The number of ether oxygens (including phenoxy) is 6. The number of carbonyl (C=O) groups excluding carboxylic acids is 2. The minimum Gasteiger partial charge on any atom is -0.461 e. The van der Waals surface area contributed by atoms with Gasteiger partial charge in [-0.05, 0) is 65.5 Å². The molecule has 11 nitrogen and oxygen atoms in total. The van der Waals surface area contributed by atoms with Gasteiger partial charge in [0, 0.05) is 25.9 Å². The van der Waals surface area contributed by atoms with E-state index in [2.05, 4.69) is 16.8 Å². The first-order chi connectivity index (χ1) is 26.9. The fourth-order valence-corrected chi connectivity index (χ4v) is 4.70. The zero-order chi connectivity index (χ0) is 39.9. The molecule has 0 aromatic rings. The van der Waals surface area contributed by atoms with Gasteiger partial charge in [-0.15, -0.1) is 0 Å². The summed E-state index contributed by atoms with van der Waals surface area (Å²) in [6.07, 6.45) is 38.2. The monoisotopic (exact) mass is 768 g/mol. The van der Waals surface area contributed by atoms with Crippen molar-refractivity contribution >= 4 is 11.9 Å². The molecular formula is C44H69N3O8. The number of nitrogens with one attached hydrogen (secondary N) is 1. The molecular weight excluding hydrogens is 698 g/mol. The Hall–Kier alpha value is -4.00. The van der Waals surface area contributed by atoms with Gasteiger partial charge in [-0.25, -0.2) is 0 Å². The van der Waals surface area contributed by atoms with Crippen molar-refractivity contribution in [1.29, 1.82) is 0 Å². The van der Waals surface area contributed by atoms with Crippen molar-refractivity contribution in [1.82, 2.24) is 10.2 Å². The maximum absolute atomic E-state index is 12.1. The smallest absolute Gasteiger partial charge is 0.306 e. The molecule has 11 heteroatoms. The van der Waals surface area contributed by atoms with Gasteiger partial charge in [-0.1, -0.05) is 104 Å². The summed E-state index contributed by atoms with van der Waals surface area (Å²) < 4.78 is 34.4. The quantitative estimate of drug-likeness (QED) is 0.209. The number of nitrogens with two attached hydrogens (primary N) is 1. The van der Waals surface area contributed by atoms with Crippen LogP contribution in [-0.4, -0.2) is 109 Å². The summed E-state index contributed by atoms with van der Waals surface area (Å²) in [7, 11) is 4.09. The first kappa shape index (κ1) is 49.0. The molecule has 0 bridgehead atoms. The Balaban J connectivity index is 2.63. The molecule has 3 N–H and O–H groups in total. The molecule has 0 radical (unpaired) electrons. The van der Waals surface area contributed by atoms with E-state index in [9.17, 15) is 9.59 Å². The molecule has 0 amide bonds. The van der Waals surface area contributed by atoms with Gasteiger partial charge >= 0.3 is 11.9 Å². The normalized spacial score (nSPS) is 21.3. The van der Waals surface area contributed by atoms with Crippen LogP contribution in [0, 0.1) is 0 Å². The molecule has 0 saturated carbocycles. The van der Waals surface area contributed by atoms with Gasteiger partial charge in [0.2, 0.25) is 0 Å². The van der Waals surface area contributed by atoms with E-state index in [4.69, 9.17) is 34.2 Å². The fourth-order valence-electron chi connectivity index (χ4n) is 4.70. The number of hydrogen-bond donors (Lipinski definition) is 2. The molecule has 0 saturated heterocycles. The molecule has 0 spiro atoms. The van der Waals surface area contributed by atoms with E-state index in [1.165, 1.54) is 0 Å². The molecule has 0 aliphatic carbocycles. The molecule has 2 atom stereocenters. The standard InChI is InChI=1S/C44H69N3O8/c1-40(45)46-30-28-41-38-50-32-20-12-6-4-10-18-26-43(48)54-36-24-16-8-13-21-33-51-39-42(29-31-47(2)3)53-35-23-15-9-17-25-37-55-44(49)27-19-11-5-7-14-22-34-52-41/h4-5,10-17,20-25,41-42,46H,1,6-9,18-19,26-39,45H2,2-3H3. The van der Waals surface area contributed by atoms with Crippen LogP contribution in [0.4, 0.5) is 0 Å². The number of allylic oxidation sites excluding steroid dienone is 10. The Morgan fingerprint density at radius 2 is 1.02 bits per heavy atom. The molecule has 1 aliphatic heterocycles. The minimum atomic E-state index is -0.214. The highest BCUT2D eigenvalue weighted by atomic mass is 16.5. The van der Waals surface area contributed by atoms with E-state index < -0.39 is 0 Å². The lowest BCUT2D eigenvalue weighted by molar-refractivity contribution is -0.143. The van der Waals surface area contributed by atoms with Gasteiger partial charge in [-0.3, -0.25) is 9.59 Å². The first-order valence-corrected chi connectivity index (χ1v) is 19.6. The predicted octanol–water partition coefficient (Wildman–Crippen LogP) is 6.82. The summed E-state index contributed by atoms with van der Waals surface area (Å²) in [5.74, 6) is -0.00340. The third kappa shape index (κ3) is 35.5. The Morgan fingerprint density at radius 3 is 1.45 bits per heavy atom. The molecule has 0 fully saturated rings. The fraction of sp³-hybridized carbons (Fsp3) is 0.545. The Kier molecular flexibility index (Phi) is 32.9. The molecule has 55 heavy (non-hydrogen) atoms. The van der Waals surface area contributed by atoms with E-state index in [-0.39, 0.29) is 37.4 Å². The largest absolute Gasteiger partial charge is 0.461 e. The topological polar surface area (TPSA) is 131 Å². The van der Waals surface area contributed by atoms with Crippen LogP contribution < -0.4 is 11.1 Å². The summed E-state index contributed by atoms with van der Waals surface area (Å²) in [5, 5.41) is 3.03. The van der Waals surface area contributed by atoms with Crippen molar-refractivity contribution in [3.63, 3.8) is 0 Å². The second-order valence-corrected chi connectivity index (χ2v) is 13.0. The van der Waals surface area contributed by atoms with Crippen LogP contribution in [0.25, 0.3) is 0 Å². The molecule has 0 aromatic carbocycles. The van der Waals surface area contributed by atoms with Gasteiger partial charge < -0.3 is 44.4 Å². The molecule has 1 heterocycles. The molecule has 0 aromatic heterocycles. The maximum atomic E-state index is 12.1. The van der Waals surface area contributed by atoms with Crippen LogP contribution in [0.3, 0.4) is 0 Å². The molecule has 1 rings (SSSR count). The highest BCUT2D eigenvalue weighted by molar-refractivity contribution is 5.70. The van der Waals surface area contributed by atoms with E-state index >= 15 is 0 Å².